The van der Waals surface area contributed by atoms with Crippen molar-refractivity contribution >= 4 is 23.0 Å². The van der Waals surface area contributed by atoms with E-state index in [0.29, 0.717) is 5.92 Å². The lowest BCUT2D eigenvalue weighted by atomic mass is 10.0. The van der Waals surface area contributed by atoms with E-state index in [1.54, 1.807) is 12.1 Å². The van der Waals surface area contributed by atoms with Gasteiger partial charge >= 0.3 is 0 Å². The molecule has 0 radical (unpaired) electrons. The van der Waals surface area contributed by atoms with Crippen LogP contribution in [0.15, 0.2) is 48.9 Å². The number of fused-ring (bicyclic) bond motifs is 1. The van der Waals surface area contributed by atoms with Crippen LogP contribution in [0.2, 0.25) is 0 Å². The summed E-state index contributed by atoms with van der Waals surface area (Å²) in [5.41, 5.74) is 5.17. The van der Waals surface area contributed by atoms with Crippen LogP contribution >= 0.6 is 12.1 Å². The Labute approximate surface area is 171 Å². The molecule has 1 aliphatic heterocycles. The first-order valence-electron chi connectivity index (χ1n) is 9.88. The Morgan fingerprint density at radius 3 is 2.82 bits per heavy atom. The van der Waals surface area contributed by atoms with Crippen molar-refractivity contribution in [1.82, 2.24) is 18.6 Å². The summed E-state index contributed by atoms with van der Waals surface area (Å²) in [4.78, 5) is 4.15. The third kappa shape index (κ3) is 4.58. The van der Waals surface area contributed by atoms with Crippen LogP contribution in [0.3, 0.4) is 0 Å². The average molecular weight is 397 g/mol. The molecule has 5 nitrogen and oxygen atoms in total. The van der Waals surface area contributed by atoms with Crippen molar-refractivity contribution in [1.29, 1.82) is 0 Å². The van der Waals surface area contributed by atoms with Crippen molar-refractivity contribution in [3.05, 3.63) is 54.5 Å². The normalized spacial score (nSPS) is 17.0. The quantitative estimate of drug-likeness (QED) is 0.461. The zero-order chi connectivity index (χ0) is 19.3. The van der Waals surface area contributed by atoms with Gasteiger partial charge in [-0.05, 0) is 61.8 Å². The molecule has 1 unspecified atom stereocenters. The Kier molecular flexibility index (Phi) is 6.32. The van der Waals surface area contributed by atoms with Gasteiger partial charge in [0, 0.05) is 67.2 Å². The van der Waals surface area contributed by atoms with E-state index in [1.807, 2.05) is 26.5 Å². The predicted octanol–water partition coefficient (Wildman–Crippen LogP) is 4.00. The second kappa shape index (κ2) is 9.09. The Bertz CT molecular complexity index is 904. The highest BCUT2D eigenvalue weighted by atomic mass is 32.2. The van der Waals surface area contributed by atoms with Crippen LogP contribution in [-0.2, 0) is 17.7 Å². The van der Waals surface area contributed by atoms with Crippen molar-refractivity contribution in [2.24, 2.45) is 5.92 Å². The molecule has 2 aromatic heterocycles. The SMILES string of the molecule is CN(C)SNCCc1cn(CC2CCOC2)c2cc(-c3ccncc3)ccc12. The molecular weight excluding hydrogens is 368 g/mol. The summed E-state index contributed by atoms with van der Waals surface area (Å²) in [6.45, 7) is 3.74. The van der Waals surface area contributed by atoms with Gasteiger partial charge in [0.1, 0.15) is 0 Å². The van der Waals surface area contributed by atoms with Gasteiger partial charge < -0.3 is 9.30 Å². The maximum absolute atomic E-state index is 5.61. The number of pyridine rings is 1. The highest BCUT2D eigenvalue weighted by Crippen LogP contribution is 2.29. The smallest absolute Gasteiger partial charge is 0.0512 e. The summed E-state index contributed by atoms with van der Waals surface area (Å²) in [7, 11) is 4.10. The number of hydrogen-bond donors (Lipinski definition) is 1. The molecule has 28 heavy (non-hydrogen) atoms. The maximum atomic E-state index is 5.61. The minimum atomic E-state index is 0.607. The van der Waals surface area contributed by atoms with E-state index in [1.165, 1.54) is 27.6 Å². The second-order valence-electron chi connectivity index (χ2n) is 7.55. The fourth-order valence-corrected chi connectivity index (χ4v) is 4.26. The standard InChI is InChI=1S/C22H28N4OS/c1-25(2)28-24-11-7-20-15-26(14-17-8-12-27-16-17)22-13-19(3-4-21(20)22)18-5-9-23-10-6-18/h3-6,9-10,13,15,17,24H,7-8,11-12,14,16H2,1-2H3. The van der Waals surface area contributed by atoms with Crippen molar-refractivity contribution in [3.63, 3.8) is 0 Å². The van der Waals surface area contributed by atoms with E-state index in [4.69, 9.17) is 4.74 Å². The maximum Gasteiger partial charge on any atom is 0.0512 e. The topological polar surface area (TPSA) is 42.3 Å². The van der Waals surface area contributed by atoms with Gasteiger partial charge in [-0.15, -0.1) is 0 Å². The number of nitrogens with zero attached hydrogens (tertiary/aromatic N) is 3. The van der Waals surface area contributed by atoms with Crippen molar-refractivity contribution in [2.45, 2.75) is 19.4 Å². The van der Waals surface area contributed by atoms with Gasteiger partial charge in [0.2, 0.25) is 0 Å². The lowest BCUT2D eigenvalue weighted by Crippen LogP contribution is -2.15. The third-order valence-corrected chi connectivity index (χ3v) is 5.90. The molecule has 4 rings (SSSR count). The molecule has 1 aliphatic rings. The molecule has 6 heteroatoms. The zero-order valence-electron chi connectivity index (χ0n) is 16.6. The van der Waals surface area contributed by atoms with Gasteiger partial charge in [0.05, 0.1) is 6.61 Å². The Morgan fingerprint density at radius 2 is 2.07 bits per heavy atom. The lowest BCUT2D eigenvalue weighted by Gasteiger charge is -2.11. The van der Waals surface area contributed by atoms with Crippen LogP contribution in [0, 0.1) is 5.92 Å². The first kappa shape index (κ1) is 19.5. The summed E-state index contributed by atoms with van der Waals surface area (Å²) in [6, 6.07) is 11.0. The fourth-order valence-electron chi connectivity index (χ4n) is 3.81. The van der Waals surface area contributed by atoms with Crippen molar-refractivity contribution in [3.8, 4) is 11.1 Å². The molecule has 1 fully saturated rings. The van der Waals surface area contributed by atoms with Crippen LogP contribution in [0.5, 0.6) is 0 Å². The van der Waals surface area contributed by atoms with E-state index in [0.717, 1.165) is 39.1 Å². The molecule has 1 saturated heterocycles. The molecule has 1 aromatic carbocycles. The summed E-state index contributed by atoms with van der Waals surface area (Å²) < 4.78 is 13.5. The molecular formula is C22H28N4OS. The predicted molar refractivity (Wildman–Crippen MR) is 117 cm³/mol. The number of hydrogen-bond acceptors (Lipinski definition) is 5. The molecule has 0 amide bonds. The number of benzene rings is 1. The first-order chi connectivity index (χ1) is 13.7. The Hall–Kier alpha value is -1.86. The van der Waals surface area contributed by atoms with Gasteiger partial charge in [0.15, 0.2) is 0 Å². The molecule has 0 bridgehead atoms. The van der Waals surface area contributed by atoms with E-state index in [9.17, 15) is 0 Å². The Morgan fingerprint density at radius 1 is 1.21 bits per heavy atom. The average Bonchev–Trinajstić information content (AvgIpc) is 3.34. The van der Waals surface area contributed by atoms with Crippen LogP contribution < -0.4 is 4.72 Å². The number of nitrogens with one attached hydrogen (secondary N) is 1. The summed E-state index contributed by atoms with van der Waals surface area (Å²) >= 11 is 1.64. The monoisotopic (exact) mass is 396 g/mol. The minimum absolute atomic E-state index is 0.607. The minimum Gasteiger partial charge on any atom is -0.381 e. The third-order valence-electron chi connectivity index (χ3n) is 5.20. The van der Waals surface area contributed by atoms with Gasteiger partial charge in [-0.1, -0.05) is 12.1 Å². The van der Waals surface area contributed by atoms with Gasteiger partial charge in [-0.25, -0.2) is 4.31 Å². The van der Waals surface area contributed by atoms with E-state index in [-0.39, 0.29) is 0 Å². The fraction of sp³-hybridized carbons (Fsp3) is 0.409. The summed E-state index contributed by atoms with van der Waals surface area (Å²) in [6.07, 6.45) is 8.23. The molecule has 1 N–H and O–H groups in total. The van der Waals surface area contributed by atoms with E-state index in [2.05, 4.69) is 55.1 Å². The van der Waals surface area contributed by atoms with E-state index >= 15 is 0 Å². The number of ether oxygens (including phenoxy) is 1. The number of rotatable bonds is 8. The molecule has 3 aromatic rings. The van der Waals surface area contributed by atoms with Crippen LogP contribution in [0.25, 0.3) is 22.0 Å². The van der Waals surface area contributed by atoms with Crippen molar-refractivity contribution < 1.29 is 4.74 Å². The lowest BCUT2D eigenvalue weighted by molar-refractivity contribution is 0.183. The molecule has 0 spiro atoms. The first-order valence-corrected chi connectivity index (χ1v) is 10.6. The number of aromatic nitrogens is 2. The largest absolute Gasteiger partial charge is 0.381 e. The van der Waals surface area contributed by atoms with Crippen LogP contribution in [-0.4, -0.2) is 47.7 Å². The zero-order valence-corrected chi connectivity index (χ0v) is 17.4. The molecule has 3 heterocycles. The second-order valence-corrected chi connectivity index (χ2v) is 8.75. The van der Waals surface area contributed by atoms with Gasteiger partial charge in [0.25, 0.3) is 0 Å². The molecule has 1 atom stereocenters. The summed E-state index contributed by atoms with van der Waals surface area (Å²) in [5, 5.41) is 1.35. The summed E-state index contributed by atoms with van der Waals surface area (Å²) in [5.74, 6) is 0.607. The molecule has 0 aliphatic carbocycles. The molecule has 148 valence electrons. The highest BCUT2D eigenvalue weighted by molar-refractivity contribution is 7.95. The highest BCUT2D eigenvalue weighted by Gasteiger charge is 2.18. The Balaban J connectivity index is 1.63. The van der Waals surface area contributed by atoms with Crippen LogP contribution in [0.1, 0.15) is 12.0 Å². The van der Waals surface area contributed by atoms with E-state index < -0.39 is 0 Å². The van der Waals surface area contributed by atoms with Crippen molar-refractivity contribution in [2.75, 3.05) is 33.9 Å². The molecule has 0 saturated carbocycles. The van der Waals surface area contributed by atoms with Gasteiger partial charge in [-0.3, -0.25) is 9.71 Å². The van der Waals surface area contributed by atoms with Crippen LogP contribution in [0.4, 0.5) is 0 Å². The van der Waals surface area contributed by atoms with Gasteiger partial charge in [-0.2, -0.15) is 0 Å².